The van der Waals surface area contributed by atoms with Crippen molar-refractivity contribution in [1.82, 2.24) is 0 Å². The molecule has 0 aromatic heterocycles. The highest BCUT2D eigenvalue weighted by Crippen LogP contribution is 2.47. The zero-order valence-electron chi connectivity index (χ0n) is 11.5. The molecule has 2 aromatic carbocycles. The van der Waals surface area contributed by atoms with Crippen LogP contribution in [-0.2, 0) is 5.41 Å². The maximum atomic E-state index is 2.30. The average molecular weight is 352 g/mol. The largest absolute Gasteiger partial charge is 0.107 e. The highest BCUT2D eigenvalue weighted by molar-refractivity contribution is 14.0. The van der Waals surface area contributed by atoms with Crippen molar-refractivity contribution < 1.29 is 0 Å². The summed E-state index contributed by atoms with van der Waals surface area (Å²) in [5.41, 5.74) is 5.86. The molecule has 0 saturated carbocycles. The summed E-state index contributed by atoms with van der Waals surface area (Å²) < 4.78 is 0. The normalized spacial score (nSPS) is 13.6. The van der Waals surface area contributed by atoms with Crippen LogP contribution < -0.4 is 0 Å². The van der Waals surface area contributed by atoms with Crippen molar-refractivity contribution in [2.75, 3.05) is 0 Å². The highest BCUT2D eigenvalue weighted by atomic mass is 127. The van der Waals surface area contributed by atoms with Gasteiger partial charge in [0.25, 0.3) is 0 Å². The standard InChI is InChI=1S/C15H14.C2H6.HI/c1-15(2)13-9-5-3-7-11(13)12-8-4-6-10-14(12)15;1-2;/h3-10H,1-2H3;1-2H3;1H. The minimum absolute atomic E-state index is 0. The Kier molecular flexibility index (Phi) is 4.97. The van der Waals surface area contributed by atoms with Gasteiger partial charge in [-0.25, -0.2) is 0 Å². The first-order chi connectivity index (χ1) is 8.21. The summed E-state index contributed by atoms with van der Waals surface area (Å²) in [4.78, 5) is 0. The molecule has 0 atom stereocenters. The maximum absolute atomic E-state index is 2.30. The van der Waals surface area contributed by atoms with E-state index in [0.29, 0.717) is 0 Å². The molecule has 0 heterocycles. The van der Waals surface area contributed by atoms with Crippen molar-refractivity contribution in [2.45, 2.75) is 33.1 Å². The topological polar surface area (TPSA) is 0 Å². The van der Waals surface area contributed by atoms with Gasteiger partial charge in [-0.1, -0.05) is 76.2 Å². The van der Waals surface area contributed by atoms with Crippen molar-refractivity contribution in [3.05, 3.63) is 59.7 Å². The van der Waals surface area contributed by atoms with Crippen molar-refractivity contribution in [1.29, 1.82) is 0 Å². The molecule has 2 aromatic rings. The van der Waals surface area contributed by atoms with Crippen molar-refractivity contribution in [3.63, 3.8) is 0 Å². The number of hydrogen-bond acceptors (Lipinski definition) is 0. The SMILES string of the molecule is CC.CC1(C)c2ccccc2-c2ccccc21.I. The van der Waals surface area contributed by atoms with Crippen LogP contribution in [-0.4, -0.2) is 0 Å². The Hall–Kier alpha value is -0.830. The van der Waals surface area contributed by atoms with E-state index >= 15 is 0 Å². The molecule has 0 saturated heterocycles. The van der Waals surface area contributed by atoms with Crippen LogP contribution in [0.5, 0.6) is 0 Å². The van der Waals surface area contributed by atoms with Crippen molar-refractivity contribution in [3.8, 4) is 11.1 Å². The molecule has 96 valence electrons. The average Bonchev–Trinajstić information content (AvgIpc) is 2.63. The first kappa shape index (κ1) is 15.2. The van der Waals surface area contributed by atoms with E-state index in [1.54, 1.807) is 0 Å². The molecule has 0 aliphatic heterocycles. The van der Waals surface area contributed by atoms with E-state index in [1.807, 2.05) is 13.8 Å². The van der Waals surface area contributed by atoms with Gasteiger partial charge in [0.1, 0.15) is 0 Å². The first-order valence-electron chi connectivity index (χ1n) is 6.40. The van der Waals surface area contributed by atoms with Gasteiger partial charge >= 0.3 is 0 Å². The zero-order chi connectivity index (χ0) is 12.5. The molecule has 0 fully saturated rings. The highest BCUT2D eigenvalue weighted by Gasteiger charge is 2.34. The number of benzene rings is 2. The molecule has 0 unspecified atom stereocenters. The lowest BCUT2D eigenvalue weighted by Gasteiger charge is -2.20. The summed E-state index contributed by atoms with van der Waals surface area (Å²) >= 11 is 0. The number of hydrogen-bond donors (Lipinski definition) is 0. The Labute approximate surface area is 127 Å². The molecule has 18 heavy (non-hydrogen) atoms. The molecular weight excluding hydrogens is 331 g/mol. The lowest BCUT2D eigenvalue weighted by atomic mass is 9.82. The molecule has 0 radical (unpaired) electrons. The zero-order valence-corrected chi connectivity index (χ0v) is 13.9. The van der Waals surface area contributed by atoms with E-state index in [2.05, 4.69) is 62.4 Å². The summed E-state index contributed by atoms with van der Waals surface area (Å²) in [6.07, 6.45) is 0. The second-order valence-electron chi connectivity index (χ2n) is 4.72. The Morgan fingerprint density at radius 2 is 1.00 bits per heavy atom. The third kappa shape index (κ3) is 2.20. The maximum Gasteiger partial charge on any atom is 0.0158 e. The van der Waals surface area contributed by atoms with Gasteiger partial charge in [0, 0.05) is 5.41 Å². The van der Waals surface area contributed by atoms with Gasteiger partial charge in [-0.15, -0.1) is 24.0 Å². The van der Waals surface area contributed by atoms with Crippen LogP contribution in [0, 0.1) is 0 Å². The minimum atomic E-state index is 0. The smallest absolute Gasteiger partial charge is 0.0158 e. The third-order valence-corrected chi connectivity index (χ3v) is 3.49. The van der Waals surface area contributed by atoms with E-state index in [9.17, 15) is 0 Å². The molecular formula is C17H21I. The molecule has 0 amide bonds. The molecule has 1 aliphatic carbocycles. The fourth-order valence-corrected chi connectivity index (χ4v) is 2.67. The second kappa shape index (κ2) is 5.87. The predicted octanol–water partition coefficient (Wildman–Crippen LogP) is 5.64. The van der Waals surface area contributed by atoms with Crippen LogP contribution in [0.15, 0.2) is 48.5 Å². The quantitative estimate of drug-likeness (QED) is 0.539. The van der Waals surface area contributed by atoms with Crippen LogP contribution in [0.2, 0.25) is 0 Å². The summed E-state index contributed by atoms with van der Waals surface area (Å²) in [5.74, 6) is 0. The van der Waals surface area contributed by atoms with Crippen molar-refractivity contribution in [2.24, 2.45) is 0 Å². The summed E-state index contributed by atoms with van der Waals surface area (Å²) in [5, 5.41) is 0. The predicted molar refractivity (Wildman–Crippen MR) is 90.8 cm³/mol. The lowest BCUT2D eigenvalue weighted by Crippen LogP contribution is -2.14. The Morgan fingerprint density at radius 1 is 0.667 bits per heavy atom. The van der Waals surface area contributed by atoms with Crippen LogP contribution >= 0.6 is 24.0 Å². The van der Waals surface area contributed by atoms with E-state index in [0.717, 1.165) is 0 Å². The Balaban J connectivity index is 0.000000516. The van der Waals surface area contributed by atoms with Gasteiger partial charge in [-0.3, -0.25) is 0 Å². The first-order valence-corrected chi connectivity index (χ1v) is 6.40. The molecule has 3 rings (SSSR count). The summed E-state index contributed by atoms with van der Waals surface area (Å²) in [6.45, 7) is 8.61. The van der Waals surface area contributed by atoms with Crippen LogP contribution in [0.25, 0.3) is 11.1 Å². The van der Waals surface area contributed by atoms with Gasteiger partial charge < -0.3 is 0 Å². The fourth-order valence-electron chi connectivity index (χ4n) is 2.67. The summed E-state index contributed by atoms with van der Waals surface area (Å²) in [7, 11) is 0. The number of rotatable bonds is 0. The van der Waals surface area contributed by atoms with Gasteiger partial charge in [0.05, 0.1) is 0 Å². The molecule has 1 heteroatoms. The van der Waals surface area contributed by atoms with Crippen LogP contribution in [0.3, 0.4) is 0 Å². The third-order valence-electron chi connectivity index (χ3n) is 3.49. The summed E-state index contributed by atoms with van der Waals surface area (Å²) in [6, 6.07) is 17.4. The second-order valence-corrected chi connectivity index (χ2v) is 4.72. The van der Waals surface area contributed by atoms with Gasteiger partial charge in [0.15, 0.2) is 0 Å². The molecule has 0 nitrogen and oxygen atoms in total. The monoisotopic (exact) mass is 352 g/mol. The van der Waals surface area contributed by atoms with Crippen molar-refractivity contribution >= 4 is 24.0 Å². The van der Waals surface area contributed by atoms with E-state index in [1.165, 1.54) is 22.3 Å². The van der Waals surface area contributed by atoms with Crippen LogP contribution in [0.1, 0.15) is 38.8 Å². The molecule has 0 N–H and O–H groups in total. The lowest BCUT2D eigenvalue weighted by molar-refractivity contribution is 0.660. The molecule has 1 aliphatic rings. The van der Waals surface area contributed by atoms with Gasteiger partial charge in [-0.05, 0) is 22.3 Å². The van der Waals surface area contributed by atoms with Gasteiger partial charge in [-0.2, -0.15) is 0 Å². The van der Waals surface area contributed by atoms with Gasteiger partial charge in [0.2, 0.25) is 0 Å². The molecule has 0 bridgehead atoms. The van der Waals surface area contributed by atoms with E-state index in [4.69, 9.17) is 0 Å². The number of halogens is 1. The van der Waals surface area contributed by atoms with E-state index < -0.39 is 0 Å². The fraction of sp³-hybridized carbons (Fsp3) is 0.294. The Bertz CT molecular complexity index is 479. The van der Waals surface area contributed by atoms with Crippen LogP contribution in [0.4, 0.5) is 0 Å². The molecule has 0 spiro atoms. The minimum Gasteiger partial charge on any atom is -0.107 e. The number of fused-ring (bicyclic) bond motifs is 3. The Morgan fingerprint density at radius 3 is 1.39 bits per heavy atom. The van der Waals surface area contributed by atoms with E-state index in [-0.39, 0.29) is 29.4 Å².